The molecule has 0 aliphatic rings. The second kappa shape index (κ2) is 8.37. The van der Waals surface area contributed by atoms with E-state index < -0.39 is 0 Å². The van der Waals surface area contributed by atoms with Gasteiger partial charge in [-0.25, -0.2) is 4.98 Å². The van der Waals surface area contributed by atoms with Crippen molar-refractivity contribution in [2.24, 2.45) is 0 Å². The smallest absolute Gasteiger partial charge is 0.259 e. The Bertz CT molecular complexity index is 1210. The minimum Gasteiger partial charge on any atom is -0.490 e. The topological polar surface area (TPSA) is 64.2 Å². The molecule has 0 atom stereocenters. The lowest BCUT2D eigenvalue weighted by Gasteiger charge is -2.15. The van der Waals surface area contributed by atoms with E-state index in [1.807, 2.05) is 49.4 Å². The Balaban J connectivity index is 1.73. The predicted molar refractivity (Wildman–Crippen MR) is 115 cm³/mol. The van der Waals surface area contributed by atoms with E-state index in [9.17, 15) is 4.79 Å². The highest BCUT2D eigenvalue weighted by atomic mass is 35.5. The first kappa shape index (κ1) is 19.0. The van der Waals surface area contributed by atoms with Crippen LogP contribution in [0.4, 0.5) is 0 Å². The van der Waals surface area contributed by atoms with E-state index in [1.165, 1.54) is 0 Å². The molecule has 3 aromatic carbocycles. The van der Waals surface area contributed by atoms with Crippen molar-refractivity contribution >= 4 is 22.5 Å². The molecule has 0 saturated heterocycles. The van der Waals surface area contributed by atoms with E-state index in [0.717, 1.165) is 5.56 Å². The number of aromatic nitrogens is 2. The zero-order chi connectivity index (χ0) is 20.2. The van der Waals surface area contributed by atoms with Crippen LogP contribution >= 0.6 is 11.6 Å². The Morgan fingerprint density at radius 1 is 1.00 bits per heavy atom. The average molecular weight is 407 g/mol. The van der Waals surface area contributed by atoms with Gasteiger partial charge in [0.2, 0.25) is 0 Å². The number of nitrogens with zero attached hydrogens (tertiary/aromatic N) is 1. The number of aromatic amines is 1. The van der Waals surface area contributed by atoms with Gasteiger partial charge in [-0.1, -0.05) is 54.1 Å². The molecule has 0 spiro atoms. The molecule has 4 rings (SSSR count). The number of para-hydroxylation sites is 1. The van der Waals surface area contributed by atoms with Gasteiger partial charge in [0.05, 0.1) is 22.5 Å². The monoisotopic (exact) mass is 406 g/mol. The Morgan fingerprint density at radius 2 is 1.76 bits per heavy atom. The minimum atomic E-state index is -0.205. The molecule has 0 saturated carbocycles. The summed E-state index contributed by atoms with van der Waals surface area (Å²) in [6.07, 6.45) is 0. The molecule has 0 aliphatic carbocycles. The van der Waals surface area contributed by atoms with Gasteiger partial charge in [0.15, 0.2) is 11.5 Å². The molecule has 0 aliphatic heterocycles. The summed E-state index contributed by atoms with van der Waals surface area (Å²) in [5.41, 5.74) is 2.08. The summed E-state index contributed by atoms with van der Waals surface area (Å²) < 4.78 is 11.7. The maximum absolute atomic E-state index is 12.4. The Morgan fingerprint density at radius 3 is 2.55 bits per heavy atom. The first-order chi connectivity index (χ1) is 14.2. The lowest BCUT2D eigenvalue weighted by Crippen LogP contribution is -2.09. The molecule has 0 amide bonds. The molecule has 1 N–H and O–H groups in total. The molecule has 0 bridgehead atoms. The number of hydrogen-bond acceptors (Lipinski definition) is 4. The van der Waals surface area contributed by atoms with Crippen LogP contribution in [0, 0.1) is 0 Å². The first-order valence-electron chi connectivity index (χ1n) is 9.28. The molecular weight excluding hydrogens is 388 g/mol. The number of rotatable bonds is 6. The molecule has 4 aromatic rings. The van der Waals surface area contributed by atoms with Crippen molar-refractivity contribution in [3.05, 3.63) is 87.7 Å². The van der Waals surface area contributed by atoms with Gasteiger partial charge in [-0.15, -0.1) is 0 Å². The summed E-state index contributed by atoms with van der Waals surface area (Å²) >= 11 is 6.52. The zero-order valence-electron chi connectivity index (χ0n) is 15.8. The van der Waals surface area contributed by atoms with Gasteiger partial charge in [0.1, 0.15) is 12.4 Å². The van der Waals surface area contributed by atoms with Crippen LogP contribution in [0.25, 0.3) is 22.3 Å². The van der Waals surface area contributed by atoms with Gasteiger partial charge in [-0.3, -0.25) is 4.79 Å². The fraction of sp³-hybridized carbons (Fsp3) is 0.130. The van der Waals surface area contributed by atoms with Crippen LogP contribution in [0.2, 0.25) is 5.02 Å². The summed E-state index contributed by atoms with van der Waals surface area (Å²) in [5, 5.41) is 0.924. The van der Waals surface area contributed by atoms with E-state index in [2.05, 4.69) is 9.97 Å². The van der Waals surface area contributed by atoms with Crippen LogP contribution < -0.4 is 15.0 Å². The fourth-order valence-corrected chi connectivity index (χ4v) is 3.33. The van der Waals surface area contributed by atoms with Crippen LogP contribution in [0.3, 0.4) is 0 Å². The Kier molecular flexibility index (Phi) is 5.49. The van der Waals surface area contributed by atoms with Crippen molar-refractivity contribution in [2.45, 2.75) is 13.5 Å². The van der Waals surface area contributed by atoms with Gasteiger partial charge >= 0.3 is 0 Å². The number of nitrogens with one attached hydrogen (secondary N) is 1. The molecule has 6 heteroatoms. The van der Waals surface area contributed by atoms with E-state index >= 15 is 0 Å². The van der Waals surface area contributed by atoms with E-state index in [4.69, 9.17) is 21.1 Å². The fourth-order valence-electron chi connectivity index (χ4n) is 3.06. The number of hydrogen-bond donors (Lipinski definition) is 1. The van der Waals surface area contributed by atoms with Crippen LogP contribution in [0.5, 0.6) is 11.5 Å². The summed E-state index contributed by atoms with van der Waals surface area (Å²) in [6.45, 7) is 2.70. The third-order valence-corrected chi connectivity index (χ3v) is 4.70. The summed E-state index contributed by atoms with van der Waals surface area (Å²) in [7, 11) is 0. The third-order valence-electron chi connectivity index (χ3n) is 4.42. The van der Waals surface area contributed by atoms with E-state index in [0.29, 0.717) is 52.0 Å². The predicted octanol–water partition coefficient (Wildman–Crippen LogP) is 5.22. The molecule has 0 radical (unpaired) electrons. The number of fused-ring (bicyclic) bond motifs is 1. The molecule has 146 valence electrons. The summed E-state index contributed by atoms with van der Waals surface area (Å²) in [5.74, 6) is 1.39. The highest BCUT2D eigenvalue weighted by Gasteiger charge is 2.16. The quantitative estimate of drug-likeness (QED) is 0.476. The van der Waals surface area contributed by atoms with Crippen molar-refractivity contribution in [1.82, 2.24) is 9.97 Å². The SMILES string of the molecule is CCOc1cc(-c2nc3ccccc3c(=O)[nH]2)cc(Cl)c1OCc1ccccc1. The van der Waals surface area contributed by atoms with Crippen molar-refractivity contribution in [3.8, 4) is 22.9 Å². The molecule has 0 fully saturated rings. The second-order valence-electron chi connectivity index (χ2n) is 6.42. The van der Waals surface area contributed by atoms with Gasteiger partial charge < -0.3 is 14.5 Å². The summed E-state index contributed by atoms with van der Waals surface area (Å²) in [4.78, 5) is 19.8. The lowest BCUT2D eigenvalue weighted by molar-refractivity contribution is 0.269. The lowest BCUT2D eigenvalue weighted by atomic mass is 10.1. The standard InChI is InChI=1S/C23H19ClN2O3/c1-2-28-20-13-16(22-25-19-11-7-6-10-17(19)23(27)26-22)12-18(24)21(20)29-14-15-8-4-3-5-9-15/h3-13H,2,14H2,1H3,(H,25,26,27). The molecule has 1 heterocycles. The Hall–Kier alpha value is -3.31. The van der Waals surface area contributed by atoms with Crippen molar-refractivity contribution in [3.63, 3.8) is 0 Å². The molecule has 1 aromatic heterocycles. The van der Waals surface area contributed by atoms with Crippen LogP contribution in [-0.2, 0) is 6.61 Å². The highest BCUT2D eigenvalue weighted by Crippen LogP contribution is 2.39. The molecule has 29 heavy (non-hydrogen) atoms. The number of benzene rings is 3. The highest BCUT2D eigenvalue weighted by molar-refractivity contribution is 6.32. The van der Waals surface area contributed by atoms with Crippen LogP contribution in [0.1, 0.15) is 12.5 Å². The third kappa shape index (κ3) is 4.10. The minimum absolute atomic E-state index is 0.205. The van der Waals surface area contributed by atoms with Gasteiger partial charge in [-0.05, 0) is 36.8 Å². The van der Waals surface area contributed by atoms with Crippen molar-refractivity contribution < 1.29 is 9.47 Å². The molecule has 5 nitrogen and oxygen atoms in total. The zero-order valence-corrected chi connectivity index (χ0v) is 16.6. The van der Waals surface area contributed by atoms with Crippen LogP contribution in [-0.4, -0.2) is 16.6 Å². The number of ether oxygens (including phenoxy) is 2. The van der Waals surface area contributed by atoms with Gasteiger partial charge in [-0.2, -0.15) is 0 Å². The summed E-state index contributed by atoms with van der Waals surface area (Å²) in [6, 6.07) is 20.5. The normalized spacial score (nSPS) is 10.8. The number of H-pyrrole nitrogens is 1. The maximum Gasteiger partial charge on any atom is 0.259 e. The van der Waals surface area contributed by atoms with E-state index in [-0.39, 0.29) is 5.56 Å². The molecular formula is C23H19ClN2O3. The Labute approximate surface area is 172 Å². The maximum atomic E-state index is 12.4. The first-order valence-corrected chi connectivity index (χ1v) is 9.66. The van der Waals surface area contributed by atoms with Gasteiger partial charge in [0, 0.05) is 5.56 Å². The van der Waals surface area contributed by atoms with Crippen molar-refractivity contribution in [1.29, 1.82) is 0 Å². The van der Waals surface area contributed by atoms with Gasteiger partial charge in [0.25, 0.3) is 5.56 Å². The van der Waals surface area contributed by atoms with Crippen LogP contribution in [0.15, 0.2) is 71.5 Å². The second-order valence-corrected chi connectivity index (χ2v) is 6.83. The van der Waals surface area contributed by atoms with Crippen molar-refractivity contribution in [2.75, 3.05) is 6.61 Å². The number of halogens is 1. The van der Waals surface area contributed by atoms with E-state index in [1.54, 1.807) is 24.3 Å². The molecule has 0 unspecified atom stereocenters. The largest absolute Gasteiger partial charge is 0.490 e. The average Bonchev–Trinajstić information content (AvgIpc) is 2.74.